The van der Waals surface area contributed by atoms with E-state index in [4.69, 9.17) is 14.9 Å². The minimum absolute atomic E-state index is 0.155. The van der Waals surface area contributed by atoms with E-state index in [1.807, 2.05) is 31.2 Å². The van der Waals surface area contributed by atoms with Gasteiger partial charge in [0.05, 0.1) is 18.8 Å². The fourth-order valence-electron chi connectivity index (χ4n) is 2.16. The van der Waals surface area contributed by atoms with E-state index in [2.05, 4.69) is 5.32 Å². The molecule has 0 unspecified atom stereocenters. The summed E-state index contributed by atoms with van der Waals surface area (Å²) < 4.78 is 10.4. The highest BCUT2D eigenvalue weighted by Crippen LogP contribution is 2.15. The Labute approximate surface area is 134 Å². The van der Waals surface area contributed by atoms with E-state index in [9.17, 15) is 9.59 Å². The number of nitrogens with two attached hydrogens (primary N) is 1. The second-order valence-corrected chi connectivity index (χ2v) is 5.07. The van der Waals surface area contributed by atoms with E-state index in [1.54, 1.807) is 12.1 Å². The normalized spacial score (nSPS) is 11.7. The van der Waals surface area contributed by atoms with Crippen LogP contribution in [-0.4, -0.2) is 25.0 Å². The molecule has 1 heterocycles. The SMILES string of the molecule is CCOc1ccc(C[C@@H](CNC(=O)c2ccco2)C(N)=O)cc1. The van der Waals surface area contributed by atoms with Crippen molar-refractivity contribution in [3.8, 4) is 5.75 Å². The van der Waals surface area contributed by atoms with Crippen molar-refractivity contribution in [2.75, 3.05) is 13.2 Å². The monoisotopic (exact) mass is 316 g/mol. The molecule has 0 radical (unpaired) electrons. The van der Waals surface area contributed by atoms with Gasteiger partial charge in [-0.05, 0) is 43.2 Å². The first-order valence-corrected chi connectivity index (χ1v) is 7.43. The third kappa shape index (κ3) is 4.88. The number of hydrogen-bond acceptors (Lipinski definition) is 4. The van der Waals surface area contributed by atoms with Crippen molar-refractivity contribution < 1.29 is 18.7 Å². The molecule has 0 bridgehead atoms. The average Bonchev–Trinajstić information content (AvgIpc) is 3.07. The zero-order valence-electron chi connectivity index (χ0n) is 13.0. The summed E-state index contributed by atoms with van der Waals surface area (Å²) in [6.07, 6.45) is 1.86. The molecule has 6 heteroatoms. The largest absolute Gasteiger partial charge is 0.494 e. The van der Waals surface area contributed by atoms with Gasteiger partial charge in [0.15, 0.2) is 5.76 Å². The molecule has 2 aromatic rings. The van der Waals surface area contributed by atoms with Crippen LogP contribution < -0.4 is 15.8 Å². The van der Waals surface area contributed by atoms with Gasteiger partial charge in [-0.2, -0.15) is 0 Å². The predicted molar refractivity (Wildman–Crippen MR) is 85.0 cm³/mol. The van der Waals surface area contributed by atoms with E-state index in [0.29, 0.717) is 13.0 Å². The maximum atomic E-state index is 11.8. The van der Waals surface area contributed by atoms with Gasteiger partial charge in [0.25, 0.3) is 5.91 Å². The van der Waals surface area contributed by atoms with Crippen molar-refractivity contribution in [1.82, 2.24) is 5.32 Å². The van der Waals surface area contributed by atoms with Crippen LogP contribution in [0, 0.1) is 5.92 Å². The third-order valence-corrected chi connectivity index (χ3v) is 3.37. The fourth-order valence-corrected chi connectivity index (χ4v) is 2.16. The van der Waals surface area contributed by atoms with Crippen molar-refractivity contribution >= 4 is 11.8 Å². The molecule has 0 aliphatic heterocycles. The lowest BCUT2D eigenvalue weighted by Gasteiger charge is -2.14. The number of furan rings is 1. The maximum absolute atomic E-state index is 11.8. The van der Waals surface area contributed by atoms with Crippen molar-refractivity contribution in [3.05, 3.63) is 54.0 Å². The summed E-state index contributed by atoms with van der Waals surface area (Å²) in [6.45, 7) is 2.67. The van der Waals surface area contributed by atoms with E-state index in [0.717, 1.165) is 11.3 Å². The Bertz CT molecular complexity index is 635. The van der Waals surface area contributed by atoms with E-state index < -0.39 is 11.8 Å². The van der Waals surface area contributed by atoms with Crippen LogP contribution in [0.3, 0.4) is 0 Å². The van der Waals surface area contributed by atoms with Gasteiger partial charge in [-0.1, -0.05) is 12.1 Å². The number of amides is 2. The topological polar surface area (TPSA) is 94.6 Å². The van der Waals surface area contributed by atoms with Crippen LogP contribution in [-0.2, 0) is 11.2 Å². The molecule has 1 aromatic carbocycles. The summed E-state index contributed by atoms with van der Waals surface area (Å²) in [7, 11) is 0. The number of ether oxygens (including phenoxy) is 1. The van der Waals surface area contributed by atoms with Crippen molar-refractivity contribution in [2.24, 2.45) is 11.7 Å². The van der Waals surface area contributed by atoms with Crippen molar-refractivity contribution in [2.45, 2.75) is 13.3 Å². The molecule has 23 heavy (non-hydrogen) atoms. The maximum Gasteiger partial charge on any atom is 0.287 e. The second-order valence-electron chi connectivity index (χ2n) is 5.07. The van der Waals surface area contributed by atoms with Crippen LogP contribution >= 0.6 is 0 Å². The molecule has 0 aliphatic rings. The lowest BCUT2D eigenvalue weighted by Crippen LogP contribution is -2.37. The molecule has 0 saturated heterocycles. The van der Waals surface area contributed by atoms with E-state index in [-0.39, 0.29) is 18.2 Å². The van der Waals surface area contributed by atoms with Gasteiger partial charge in [0.1, 0.15) is 5.75 Å². The zero-order chi connectivity index (χ0) is 16.7. The first-order valence-electron chi connectivity index (χ1n) is 7.43. The van der Waals surface area contributed by atoms with Crippen molar-refractivity contribution in [1.29, 1.82) is 0 Å². The Balaban J connectivity index is 1.93. The molecule has 2 rings (SSSR count). The molecule has 1 atom stereocenters. The Morgan fingerprint density at radius 2 is 2.00 bits per heavy atom. The van der Waals surface area contributed by atoms with Crippen LogP contribution in [0.1, 0.15) is 23.0 Å². The Morgan fingerprint density at radius 1 is 1.26 bits per heavy atom. The molecule has 3 N–H and O–H groups in total. The summed E-state index contributed by atoms with van der Waals surface area (Å²) in [6, 6.07) is 10.6. The van der Waals surface area contributed by atoms with Gasteiger partial charge in [-0.3, -0.25) is 9.59 Å². The molecule has 122 valence electrons. The fraction of sp³-hybridized carbons (Fsp3) is 0.294. The molecule has 0 aliphatic carbocycles. The highest BCUT2D eigenvalue weighted by molar-refractivity contribution is 5.91. The smallest absolute Gasteiger partial charge is 0.287 e. The standard InChI is InChI=1S/C17H20N2O4/c1-2-22-14-7-5-12(6-8-14)10-13(16(18)20)11-19-17(21)15-4-3-9-23-15/h3-9,13H,2,10-11H2,1H3,(H2,18,20)(H,19,21)/t13-/m0/s1. The number of carbonyl (C=O) groups is 2. The van der Waals surface area contributed by atoms with E-state index in [1.165, 1.54) is 6.26 Å². The summed E-state index contributed by atoms with van der Waals surface area (Å²) >= 11 is 0. The van der Waals surface area contributed by atoms with Crippen LogP contribution in [0.25, 0.3) is 0 Å². The lowest BCUT2D eigenvalue weighted by atomic mass is 9.98. The number of nitrogens with one attached hydrogen (secondary N) is 1. The van der Waals surface area contributed by atoms with E-state index >= 15 is 0 Å². The number of primary amides is 1. The Hall–Kier alpha value is -2.76. The lowest BCUT2D eigenvalue weighted by molar-refractivity contribution is -0.121. The number of benzene rings is 1. The molecular formula is C17H20N2O4. The first-order chi connectivity index (χ1) is 11.1. The molecular weight excluding hydrogens is 296 g/mol. The molecule has 6 nitrogen and oxygen atoms in total. The minimum atomic E-state index is -0.494. The Morgan fingerprint density at radius 3 is 2.57 bits per heavy atom. The number of hydrogen-bond donors (Lipinski definition) is 2. The van der Waals surface area contributed by atoms with Crippen LogP contribution in [0.4, 0.5) is 0 Å². The summed E-state index contributed by atoms with van der Waals surface area (Å²) in [5, 5.41) is 2.66. The van der Waals surface area contributed by atoms with Crippen molar-refractivity contribution in [3.63, 3.8) is 0 Å². The highest BCUT2D eigenvalue weighted by Gasteiger charge is 2.18. The summed E-state index contributed by atoms with van der Waals surface area (Å²) in [5.41, 5.74) is 6.38. The Kier molecular flexibility index (Phi) is 5.80. The van der Waals surface area contributed by atoms with Gasteiger partial charge in [0.2, 0.25) is 5.91 Å². The average molecular weight is 316 g/mol. The third-order valence-electron chi connectivity index (χ3n) is 3.37. The van der Waals surface area contributed by atoms with Gasteiger partial charge in [-0.15, -0.1) is 0 Å². The van der Waals surface area contributed by atoms with Crippen LogP contribution in [0.2, 0.25) is 0 Å². The first kappa shape index (κ1) is 16.6. The van der Waals surface area contributed by atoms with Gasteiger partial charge in [0, 0.05) is 6.54 Å². The van der Waals surface area contributed by atoms with Crippen LogP contribution in [0.15, 0.2) is 47.1 Å². The van der Waals surface area contributed by atoms with Gasteiger partial charge in [-0.25, -0.2) is 0 Å². The summed E-state index contributed by atoms with van der Waals surface area (Å²) in [4.78, 5) is 23.4. The highest BCUT2D eigenvalue weighted by atomic mass is 16.5. The molecule has 2 amide bonds. The zero-order valence-corrected chi connectivity index (χ0v) is 13.0. The van der Waals surface area contributed by atoms with Gasteiger partial charge < -0.3 is 20.2 Å². The molecule has 0 saturated carbocycles. The van der Waals surface area contributed by atoms with Crippen LogP contribution in [0.5, 0.6) is 5.75 Å². The quantitative estimate of drug-likeness (QED) is 0.775. The molecule has 0 fully saturated rings. The number of carbonyl (C=O) groups excluding carboxylic acids is 2. The minimum Gasteiger partial charge on any atom is -0.494 e. The summed E-state index contributed by atoms with van der Waals surface area (Å²) in [5.74, 6) is -0.342. The predicted octanol–water partition coefficient (Wildman–Crippen LogP) is 1.75. The number of rotatable bonds is 8. The molecule has 0 spiro atoms. The second kappa shape index (κ2) is 8.03. The van der Waals surface area contributed by atoms with Gasteiger partial charge >= 0.3 is 0 Å². The molecule has 1 aromatic heterocycles.